The lowest BCUT2D eigenvalue weighted by molar-refractivity contribution is -0.136. The van der Waals surface area contributed by atoms with Crippen LogP contribution in [-0.4, -0.2) is 26.1 Å². The van der Waals surface area contributed by atoms with Gasteiger partial charge in [0.25, 0.3) is 0 Å². The number of hydrogen-bond donors (Lipinski definition) is 1. The molecular formula is C11H9F2N3O2. The van der Waals surface area contributed by atoms with Crippen LogP contribution in [0.2, 0.25) is 0 Å². The van der Waals surface area contributed by atoms with Crippen molar-refractivity contribution < 1.29 is 18.7 Å². The zero-order valence-electron chi connectivity index (χ0n) is 9.39. The number of aromatic nitrogens is 3. The van der Waals surface area contributed by atoms with Crippen molar-refractivity contribution in [3.05, 3.63) is 41.2 Å². The summed E-state index contributed by atoms with van der Waals surface area (Å²) in [5, 5.41) is 16.0. The van der Waals surface area contributed by atoms with Crippen molar-refractivity contribution >= 4 is 5.97 Å². The zero-order chi connectivity index (χ0) is 13.3. The summed E-state index contributed by atoms with van der Waals surface area (Å²) in [7, 11) is 0. The number of halogens is 2. The summed E-state index contributed by atoms with van der Waals surface area (Å²) in [4.78, 5) is 10.6. The zero-order valence-corrected chi connectivity index (χ0v) is 9.39. The first-order valence-corrected chi connectivity index (χ1v) is 5.07. The molecule has 0 saturated carbocycles. The lowest BCUT2D eigenvalue weighted by Gasteiger charge is -2.03. The number of carbonyl (C=O) groups is 1. The molecule has 0 atom stereocenters. The molecule has 2 aromatic rings. The van der Waals surface area contributed by atoms with Gasteiger partial charge in [0, 0.05) is 6.07 Å². The van der Waals surface area contributed by atoms with E-state index < -0.39 is 17.6 Å². The predicted octanol–water partition coefficient (Wildman–Crippen LogP) is 1.48. The number of nitrogens with zero attached hydrogens (tertiary/aromatic N) is 3. The van der Waals surface area contributed by atoms with E-state index in [1.54, 1.807) is 6.92 Å². The number of carboxylic acids is 1. The monoisotopic (exact) mass is 253 g/mol. The molecule has 1 aromatic carbocycles. The predicted molar refractivity (Wildman–Crippen MR) is 57.4 cm³/mol. The van der Waals surface area contributed by atoms with Crippen molar-refractivity contribution in [3.63, 3.8) is 0 Å². The van der Waals surface area contributed by atoms with Gasteiger partial charge in [0.1, 0.15) is 11.6 Å². The van der Waals surface area contributed by atoms with Crippen molar-refractivity contribution in [2.24, 2.45) is 0 Å². The van der Waals surface area contributed by atoms with Gasteiger partial charge < -0.3 is 5.11 Å². The van der Waals surface area contributed by atoms with Gasteiger partial charge in [-0.3, -0.25) is 4.79 Å². The van der Waals surface area contributed by atoms with Crippen LogP contribution in [-0.2, 0) is 11.2 Å². The maximum absolute atomic E-state index is 13.1. The van der Waals surface area contributed by atoms with Gasteiger partial charge in [-0.2, -0.15) is 0 Å². The first-order chi connectivity index (χ1) is 8.47. The van der Waals surface area contributed by atoms with E-state index in [0.29, 0.717) is 5.69 Å². The Balaban J connectivity index is 2.45. The fraction of sp³-hybridized carbons (Fsp3) is 0.182. The lowest BCUT2D eigenvalue weighted by Crippen LogP contribution is -2.04. The smallest absolute Gasteiger partial charge is 0.309 e. The second-order valence-corrected chi connectivity index (χ2v) is 3.73. The Hall–Kier alpha value is -2.31. The summed E-state index contributed by atoms with van der Waals surface area (Å²) in [5.41, 5.74) is 0.851. The second kappa shape index (κ2) is 4.52. The van der Waals surface area contributed by atoms with Crippen molar-refractivity contribution in [2.75, 3.05) is 0 Å². The summed E-state index contributed by atoms with van der Waals surface area (Å²) in [6.45, 7) is 1.58. The van der Waals surface area contributed by atoms with Crippen LogP contribution in [0.25, 0.3) is 5.69 Å². The quantitative estimate of drug-likeness (QED) is 0.899. The molecule has 0 saturated heterocycles. The highest BCUT2D eigenvalue weighted by atomic mass is 19.1. The molecule has 0 amide bonds. The Labute approximate surface area is 101 Å². The first-order valence-electron chi connectivity index (χ1n) is 5.07. The molecule has 0 aliphatic carbocycles. The molecule has 1 N–H and O–H groups in total. The SMILES string of the molecule is Cc1c(CC(=O)O)nnn1-c1cc(F)cc(F)c1. The van der Waals surface area contributed by atoms with E-state index in [-0.39, 0.29) is 17.8 Å². The molecule has 94 valence electrons. The lowest BCUT2D eigenvalue weighted by atomic mass is 10.2. The molecule has 5 nitrogen and oxygen atoms in total. The maximum Gasteiger partial charge on any atom is 0.309 e. The second-order valence-electron chi connectivity index (χ2n) is 3.73. The van der Waals surface area contributed by atoms with Crippen LogP contribution in [0.5, 0.6) is 0 Å². The summed E-state index contributed by atoms with van der Waals surface area (Å²) < 4.78 is 27.3. The van der Waals surface area contributed by atoms with Crippen LogP contribution in [0, 0.1) is 18.6 Å². The molecule has 2 rings (SSSR count). The summed E-state index contributed by atoms with van der Waals surface area (Å²) >= 11 is 0. The molecular weight excluding hydrogens is 244 g/mol. The summed E-state index contributed by atoms with van der Waals surface area (Å²) in [6, 6.07) is 2.93. The molecule has 0 bridgehead atoms. The average molecular weight is 253 g/mol. The van der Waals surface area contributed by atoms with Crippen molar-refractivity contribution in [1.29, 1.82) is 0 Å². The van der Waals surface area contributed by atoms with E-state index in [2.05, 4.69) is 10.3 Å². The van der Waals surface area contributed by atoms with Gasteiger partial charge in [-0.1, -0.05) is 5.21 Å². The Morgan fingerprint density at radius 1 is 1.33 bits per heavy atom. The van der Waals surface area contributed by atoms with E-state index >= 15 is 0 Å². The van der Waals surface area contributed by atoms with Crippen LogP contribution in [0.1, 0.15) is 11.4 Å². The minimum atomic E-state index is -1.05. The molecule has 0 aliphatic rings. The third-order valence-electron chi connectivity index (χ3n) is 2.40. The van der Waals surface area contributed by atoms with Crippen molar-refractivity contribution in [1.82, 2.24) is 15.0 Å². The molecule has 1 heterocycles. The van der Waals surface area contributed by atoms with E-state index in [1.165, 1.54) is 4.68 Å². The van der Waals surface area contributed by atoms with E-state index in [9.17, 15) is 13.6 Å². The van der Waals surface area contributed by atoms with Gasteiger partial charge in [0.05, 0.1) is 23.5 Å². The van der Waals surface area contributed by atoms with Gasteiger partial charge in [0.15, 0.2) is 0 Å². The maximum atomic E-state index is 13.1. The Kier molecular flexibility index (Phi) is 3.05. The van der Waals surface area contributed by atoms with Gasteiger partial charge in [-0.05, 0) is 19.1 Å². The molecule has 1 aromatic heterocycles. The van der Waals surface area contributed by atoms with Gasteiger partial charge in [0.2, 0.25) is 0 Å². The van der Waals surface area contributed by atoms with E-state index in [0.717, 1.165) is 18.2 Å². The van der Waals surface area contributed by atoms with Gasteiger partial charge in [-0.25, -0.2) is 13.5 Å². The fourth-order valence-corrected chi connectivity index (χ4v) is 1.57. The number of carboxylic acid groups (broad SMARTS) is 1. The van der Waals surface area contributed by atoms with Crippen molar-refractivity contribution in [3.8, 4) is 5.69 Å². The molecule has 0 aliphatic heterocycles. The summed E-state index contributed by atoms with van der Waals surface area (Å²) in [6.07, 6.45) is -0.288. The number of benzene rings is 1. The fourth-order valence-electron chi connectivity index (χ4n) is 1.57. The van der Waals surface area contributed by atoms with Crippen LogP contribution in [0.15, 0.2) is 18.2 Å². The Morgan fingerprint density at radius 2 is 1.94 bits per heavy atom. The van der Waals surface area contributed by atoms with Crippen molar-refractivity contribution in [2.45, 2.75) is 13.3 Å². The minimum absolute atomic E-state index is 0.161. The molecule has 0 spiro atoms. The minimum Gasteiger partial charge on any atom is -0.481 e. The average Bonchev–Trinajstić information content (AvgIpc) is 2.58. The topological polar surface area (TPSA) is 68.0 Å². The number of rotatable bonds is 3. The molecule has 0 radical (unpaired) electrons. The van der Waals surface area contributed by atoms with E-state index in [4.69, 9.17) is 5.11 Å². The van der Waals surface area contributed by atoms with E-state index in [1.807, 2.05) is 0 Å². The van der Waals surface area contributed by atoms with Crippen LogP contribution in [0.3, 0.4) is 0 Å². The van der Waals surface area contributed by atoms with Crippen LogP contribution in [0.4, 0.5) is 8.78 Å². The largest absolute Gasteiger partial charge is 0.481 e. The highest BCUT2D eigenvalue weighted by Gasteiger charge is 2.14. The normalized spacial score (nSPS) is 10.6. The Bertz CT molecular complexity index is 590. The third kappa shape index (κ3) is 2.34. The number of aliphatic carboxylic acids is 1. The molecule has 0 fully saturated rings. The third-order valence-corrected chi connectivity index (χ3v) is 2.40. The highest BCUT2D eigenvalue weighted by molar-refractivity contribution is 5.69. The highest BCUT2D eigenvalue weighted by Crippen LogP contribution is 2.15. The first kappa shape index (κ1) is 12.2. The van der Waals surface area contributed by atoms with Gasteiger partial charge >= 0.3 is 5.97 Å². The molecule has 18 heavy (non-hydrogen) atoms. The molecule has 0 unspecified atom stereocenters. The number of hydrogen-bond acceptors (Lipinski definition) is 3. The van der Waals surface area contributed by atoms with Crippen LogP contribution >= 0.6 is 0 Å². The molecule has 7 heteroatoms. The van der Waals surface area contributed by atoms with Gasteiger partial charge in [-0.15, -0.1) is 5.10 Å². The standard InChI is InChI=1S/C11H9F2N3O2/c1-6-10(5-11(17)18)14-15-16(6)9-3-7(12)2-8(13)4-9/h2-4H,5H2,1H3,(H,17,18). The summed E-state index contributed by atoms with van der Waals surface area (Å²) in [5.74, 6) is -2.52. The Morgan fingerprint density at radius 3 is 2.50 bits per heavy atom. The van der Waals surface area contributed by atoms with Crippen LogP contribution < -0.4 is 0 Å².